The first-order valence-electron chi connectivity index (χ1n) is 9.50. The van der Waals surface area contributed by atoms with Crippen molar-refractivity contribution in [3.63, 3.8) is 0 Å². The van der Waals surface area contributed by atoms with Crippen LogP contribution in [0.1, 0.15) is 33.8 Å². The van der Waals surface area contributed by atoms with Crippen LogP contribution in [-0.2, 0) is 4.79 Å². The molecule has 0 spiro atoms. The highest BCUT2D eigenvalue weighted by Crippen LogP contribution is 2.26. The van der Waals surface area contributed by atoms with Gasteiger partial charge in [-0.05, 0) is 34.7 Å². The lowest BCUT2D eigenvalue weighted by Crippen LogP contribution is -2.38. The summed E-state index contributed by atoms with van der Waals surface area (Å²) in [6, 6.07) is 27.5. The average Bonchev–Trinajstić information content (AvgIpc) is 3.48. The summed E-state index contributed by atoms with van der Waals surface area (Å²) in [5.41, 5.74) is 2.11. The third kappa shape index (κ3) is 4.83. The molecule has 0 saturated heterocycles. The normalized spacial score (nSPS) is 13.0. The molecular formula is C24H22N2O2S. The van der Waals surface area contributed by atoms with E-state index in [1.165, 1.54) is 0 Å². The molecule has 0 saturated carbocycles. The molecule has 0 fully saturated rings. The van der Waals surface area contributed by atoms with Crippen molar-refractivity contribution in [3.8, 4) is 0 Å². The van der Waals surface area contributed by atoms with Crippen LogP contribution < -0.4 is 10.6 Å². The molecule has 0 unspecified atom stereocenters. The summed E-state index contributed by atoms with van der Waals surface area (Å²) in [4.78, 5) is 13.9. The van der Waals surface area contributed by atoms with Gasteiger partial charge in [-0.1, -0.05) is 66.7 Å². The molecule has 146 valence electrons. The molecule has 2 heterocycles. The molecular weight excluding hydrogens is 380 g/mol. The van der Waals surface area contributed by atoms with Crippen molar-refractivity contribution >= 4 is 17.2 Å². The minimum absolute atomic E-state index is 0.0697. The van der Waals surface area contributed by atoms with Crippen molar-refractivity contribution in [1.29, 1.82) is 0 Å². The van der Waals surface area contributed by atoms with Crippen LogP contribution >= 0.6 is 11.3 Å². The van der Waals surface area contributed by atoms with E-state index < -0.39 is 0 Å². The van der Waals surface area contributed by atoms with Crippen molar-refractivity contribution in [2.24, 2.45) is 0 Å². The SMILES string of the molecule is O=C(CN[C@@H](c1ccccc1)c1ccco1)N[C@H](c1ccccc1)c1cccs1. The van der Waals surface area contributed by atoms with E-state index in [9.17, 15) is 4.79 Å². The van der Waals surface area contributed by atoms with Crippen LogP contribution in [0.3, 0.4) is 0 Å². The predicted molar refractivity (Wildman–Crippen MR) is 116 cm³/mol. The maximum absolute atomic E-state index is 12.8. The van der Waals surface area contributed by atoms with Crippen LogP contribution in [0.4, 0.5) is 0 Å². The third-order valence-corrected chi connectivity index (χ3v) is 5.63. The topological polar surface area (TPSA) is 54.3 Å². The van der Waals surface area contributed by atoms with E-state index in [4.69, 9.17) is 4.42 Å². The van der Waals surface area contributed by atoms with Gasteiger partial charge in [-0.25, -0.2) is 0 Å². The predicted octanol–water partition coefficient (Wildman–Crippen LogP) is 4.93. The molecule has 5 heteroatoms. The van der Waals surface area contributed by atoms with Crippen LogP contribution in [0.25, 0.3) is 0 Å². The number of benzene rings is 2. The first kappa shape index (κ1) is 19.2. The van der Waals surface area contributed by atoms with Crippen molar-refractivity contribution in [2.75, 3.05) is 6.54 Å². The minimum atomic E-state index is -0.186. The van der Waals surface area contributed by atoms with Crippen LogP contribution in [-0.4, -0.2) is 12.5 Å². The van der Waals surface area contributed by atoms with Gasteiger partial charge in [-0.3, -0.25) is 10.1 Å². The lowest BCUT2D eigenvalue weighted by molar-refractivity contribution is -0.120. The average molecular weight is 403 g/mol. The van der Waals surface area contributed by atoms with Gasteiger partial charge >= 0.3 is 0 Å². The molecule has 2 atom stereocenters. The summed E-state index contributed by atoms with van der Waals surface area (Å²) < 4.78 is 5.60. The molecule has 0 aliphatic carbocycles. The van der Waals surface area contributed by atoms with Crippen LogP contribution in [0.15, 0.2) is 101 Å². The largest absolute Gasteiger partial charge is 0.467 e. The number of thiophene rings is 1. The third-order valence-electron chi connectivity index (χ3n) is 4.69. The van der Waals surface area contributed by atoms with Crippen molar-refractivity contribution in [3.05, 3.63) is 118 Å². The van der Waals surface area contributed by atoms with Crippen molar-refractivity contribution < 1.29 is 9.21 Å². The zero-order chi connectivity index (χ0) is 19.9. The number of amides is 1. The summed E-state index contributed by atoms with van der Waals surface area (Å²) in [5.74, 6) is 0.710. The van der Waals surface area contributed by atoms with E-state index in [1.807, 2.05) is 90.3 Å². The Morgan fingerprint density at radius 2 is 1.52 bits per heavy atom. The minimum Gasteiger partial charge on any atom is -0.467 e. The monoisotopic (exact) mass is 402 g/mol. The number of hydrogen-bond acceptors (Lipinski definition) is 4. The fourth-order valence-electron chi connectivity index (χ4n) is 3.31. The van der Waals surface area contributed by atoms with E-state index in [1.54, 1.807) is 17.6 Å². The first-order valence-corrected chi connectivity index (χ1v) is 10.4. The number of carbonyl (C=O) groups excluding carboxylic acids is 1. The molecule has 2 aromatic heterocycles. The van der Waals surface area contributed by atoms with Crippen molar-refractivity contribution in [2.45, 2.75) is 12.1 Å². The number of nitrogens with one attached hydrogen (secondary N) is 2. The maximum Gasteiger partial charge on any atom is 0.234 e. The molecule has 0 radical (unpaired) electrons. The molecule has 0 aliphatic heterocycles. The number of rotatable bonds is 8. The highest BCUT2D eigenvalue weighted by molar-refractivity contribution is 7.10. The zero-order valence-corrected chi connectivity index (χ0v) is 16.6. The second-order valence-corrected chi connectivity index (χ2v) is 7.65. The number of furan rings is 1. The molecule has 2 N–H and O–H groups in total. The molecule has 4 nitrogen and oxygen atoms in total. The van der Waals surface area contributed by atoms with Gasteiger partial charge in [0.05, 0.1) is 24.9 Å². The van der Waals surface area contributed by atoms with Crippen LogP contribution in [0.2, 0.25) is 0 Å². The highest BCUT2D eigenvalue weighted by atomic mass is 32.1. The Kier molecular flexibility index (Phi) is 6.19. The van der Waals surface area contributed by atoms with Gasteiger partial charge in [-0.15, -0.1) is 11.3 Å². The summed E-state index contributed by atoms with van der Waals surface area (Å²) in [7, 11) is 0. The highest BCUT2D eigenvalue weighted by Gasteiger charge is 2.20. The summed E-state index contributed by atoms with van der Waals surface area (Å²) in [6.07, 6.45) is 1.65. The van der Waals surface area contributed by atoms with Gasteiger partial charge in [0.25, 0.3) is 0 Å². The second kappa shape index (κ2) is 9.37. The molecule has 0 aliphatic rings. The van der Waals surface area contributed by atoms with E-state index in [0.29, 0.717) is 0 Å². The molecule has 2 aromatic carbocycles. The van der Waals surface area contributed by atoms with Gasteiger partial charge in [-0.2, -0.15) is 0 Å². The van der Waals surface area contributed by atoms with Crippen LogP contribution in [0, 0.1) is 0 Å². The standard InChI is InChI=1S/C24H22N2O2S/c27-22(26-24(21-14-8-16-29-21)19-11-5-2-6-12-19)17-25-23(20-13-7-15-28-20)18-9-3-1-4-10-18/h1-16,23-25H,17H2,(H,26,27)/t23-,24+/m0/s1. The van der Waals surface area contributed by atoms with Gasteiger partial charge in [0.2, 0.25) is 5.91 Å². The Balaban J connectivity index is 1.47. The Morgan fingerprint density at radius 3 is 2.10 bits per heavy atom. The quantitative estimate of drug-likeness (QED) is 0.440. The molecule has 4 aromatic rings. The molecule has 1 amide bonds. The van der Waals surface area contributed by atoms with Gasteiger partial charge in [0.1, 0.15) is 5.76 Å². The number of carbonyl (C=O) groups is 1. The summed E-state index contributed by atoms with van der Waals surface area (Å²) >= 11 is 1.64. The van der Waals surface area contributed by atoms with E-state index >= 15 is 0 Å². The Morgan fingerprint density at radius 1 is 0.828 bits per heavy atom. The number of hydrogen-bond donors (Lipinski definition) is 2. The molecule has 0 bridgehead atoms. The lowest BCUT2D eigenvalue weighted by Gasteiger charge is -2.20. The Labute approximate surface area is 174 Å². The lowest BCUT2D eigenvalue weighted by atomic mass is 10.0. The first-order chi connectivity index (χ1) is 14.3. The smallest absolute Gasteiger partial charge is 0.234 e. The summed E-state index contributed by atoms with van der Waals surface area (Å²) in [5, 5.41) is 8.53. The Bertz CT molecular complexity index is 1000. The van der Waals surface area contributed by atoms with Crippen LogP contribution in [0.5, 0.6) is 0 Å². The van der Waals surface area contributed by atoms with E-state index in [0.717, 1.165) is 21.8 Å². The van der Waals surface area contributed by atoms with Gasteiger partial charge in [0, 0.05) is 4.88 Å². The van der Waals surface area contributed by atoms with E-state index in [-0.39, 0.29) is 24.5 Å². The van der Waals surface area contributed by atoms with Gasteiger partial charge < -0.3 is 9.73 Å². The summed E-state index contributed by atoms with van der Waals surface area (Å²) in [6.45, 7) is 0.176. The maximum atomic E-state index is 12.8. The fourth-order valence-corrected chi connectivity index (χ4v) is 4.11. The Hall–Kier alpha value is -3.15. The van der Waals surface area contributed by atoms with Crippen molar-refractivity contribution in [1.82, 2.24) is 10.6 Å². The molecule has 29 heavy (non-hydrogen) atoms. The van der Waals surface area contributed by atoms with E-state index in [2.05, 4.69) is 10.6 Å². The second-order valence-electron chi connectivity index (χ2n) is 6.67. The van der Waals surface area contributed by atoms with Gasteiger partial charge in [0.15, 0.2) is 0 Å². The fraction of sp³-hybridized carbons (Fsp3) is 0.125. The molecule has 4 rings (SSSR count). The zero-order valence-electron chi connectivity index (χ0n) is 15.8.